The molecule has 22 heavy (non-hydrogen) atoms. The number of rotatable bonds is 5. The molecule has 0 radical (unpaired) electrons. The van der Waals surface area contributed by atoms with Crippen LogP contribution in [-0.2, 0) is 4.79 Å². The van der Waals surface area contributed by atoms with Gasteiger partial charge in [0, 0.05) is 17.8 Å². The van der Waals surface area contributed by atoms with E-state index in [2.05, 4.69) is 5.32 Å². The smallest absolute Gasteiger partial charge is 0.271 e. The minimum absolute atomic E-state index is 0.0784. The summed E-state index contributed by atoms with van der Waals surface area (Å²) >= 11 is 0. The number of carbonyl (C=O) groups excluding carboxylic acids is 1. The summed E-state index contributed by atoms with van der Waals surface area (Å²) in [5.74, 6) is 0.257. The van der Waals surface area contributed by atoms with Crippen molar-refractivity contribution in [3.05, 3.63) is 64.2 Å². The third-order valence-corrected chi connectivity index (χ3v) is 3.09. The molecule has 2 rings (SSSR count). The number of hydrogen-bond acceptors (Lipinski definition) is 4. The molecule has 0 aliphatic carbocycles. The average molecular weight is 300 g/mol. The van der Waals surface area contributed by atoms with Crippen molar-refractivity contribution in [1.29, 1.82) is 0 Å². The summed E-state index contributed by atoms with van der Waals surface area (Å²) in [5, 5.41) is 13.3. The molecule has 0 aliphatic rings. The highest BCUT2D eigenvalue weighted by Crippen LogP contribution is 2.20. The van der Waals surface area contributed by atoms with Crippen LogP contribution in [0, 0.1) is 17.0 Å². The van der Waals surface area contributed by atoms with Crippen LogP contribution in [0.25, 0.3) is 0 Å². The minimum Gasteiger partial charge on any atom is -0.481 e. The maximum Gasteiger partial charge on any atom is 0.271 e. The van der Waals surface area contributed by atoms with Crippen molar-refractivity contribution in [3.8, 4) is 5.75 Å². The van der Waals surface area contributed by atoms with Crippen molar-refractivity contribution in [1.82, 2.24) is 0 Å². The van der Waals surface area contributed by atoms with E-state index in [0.717, 1.165) is 5.56 Å². The van der Waals surface area contributed by atoms with Crippen LogP contribution in [0.4, 0.5) is 11.4 Å². The van der Waals surface area contributed by atoms with Gasteiger partial charge in [0.2, 0.25) is 0 Å². The zero-order valence-electron chi connectivity index (χ0n) is 12.3. The monoisotopic (exact) mass is 300 g/mol. The molecule has 1 unspecified atom stereocenters. The highest BCUT2D eigenvalue weighted by Gasteiger charge is 2.16. The topological polar surface area (TPSA) is 81.5 Å². The Morgan fingerprint density at radius 1 is 1.23 bits per heavy atom. The van der Waals surface area contributed by atoms with E-state index in [1.807, 2.05) is 25.1 Å². The molecule has 0 saturated heterocycles. The maximum atomic E-state index is 12.1. The third-order valence-electron chi connectivity index (χ3n) is 3.09. The quantitative estimate of drug-likeness (QED) is 0.678. The number of anilines is 1. The summed E-state index contributed by atoms with van der Waals surface area (Å²) in [5.41, 5.74) is 1.21. The number of benzene rings is 2. The summed E-state index contributed by atoms with van der Waals surface area (Å²) in [7, 11) is 0. The molecule has 0 heterocycles. The number of ether oxygens (including phenoxy) is 1. The molecule has 114 valence electrons. The molecule has 1 amide bonds. The lowest BCUT2D eigenvalue weighted by atomic mass is 10.2. The van der Waals surface area contributed by atoms with E-state index >= 15 is 0 Å². The Kier molecular flexibility index (Phi) is 4.73. The molecular formula is C16H16N2O4. The van der Waals surface area contributed by atoms with Crippen molar-refractivity contribution in [2.45, 2.75) is 20.0 Å². The van der Waals surface area contributed by atoms with Crippen molar-refractivity contribution in [3.63, 3.8) is 0 Å². The van der Waals surface area contributed by atoms with E-state index in [1.165, 1.54) is 18.2 Å². The fourth-order valence-corrected chi connectivity index (χ4v) is 1.87. The van der Waals surface area contributed by atoms with Crippen molar-refractivity contribution in [2.75, 3.05) is 5.32 Å². The molecule has 0 fully saturated rings. The highest BCUT2D eigenvalue weighted by atomic mass is 16.6. The molecule has 6 nitrogen and oxygen atoms in total. The van der Waals surface area contributed by atoms with Gasteiger partial charge in [-0.25, -0.2) is 0 Å². The zero-order chi connectivity index (χ0) is 16.1. The van der Waals surface area contributed by atoms with Crippen LogP contribution >= 0.6 is 0 Å². The number of para-hydroxylation sites is 1. The van der Waals surface area contributed by atoms with Gasteiger partial charge in [-0.1, -0.05) is 24.3 Å². The van der Waals surface area contributed by atoms with Crippen LogP contribution < -0.4 is 10.1 Å². The number of aryl methyl sites for hydroxylation is 1. The number of nitro benzene ring substituents is 1. The molecule has 2 aromatic rings. The summed E-state index contributed by atoms with van der Waals surface area (Å²) < 4.78 is 5.61. The van der Waals surface area contributed by atoms with E-state index in [1.54, 1.807) is 19.1 Å². The predicted octanol–water partition coefficient (Wildman–Crippen LogP) is 3.31. The molecule has 0 saturated carbocycles. The van der Waals surface area contributed by atoms with Crippen LogP contribution in [0.2, 0.25) is 0 Å². The van der Waals surface area contributed by atoms with Crippen LogP contribution in [0.15, 0.2) is 48.5 Å². The molecule has 2 aromatic carbocycles. The van der Waals surface area contributed by atoms with Gasteiger partial charge in [0.1, 0.15) is 5.75 Å². The normalized spacial score (nSPS) is 11.5. The standard InChI is InChI=1S/C16H16N2O4/c1-11-6-3-4-9-15(11)22-12(2)16(19)17-13-7-5-8-14(10-13)18(20)21/h3-10,12H,1-2H3,(H,17,19). The first-order chi connectivity index (χ1) is 10.5. The summed E-state index contributed by atoms with van der Waals surface area (Å²) in [6.45, 7) is 3.51. The molecular weight excluding hydrogens is 284 g/mol. The molecule has 0 spiro atoms. The van der Waals surface area contributed by atoms with Crippen molar-refractivity contribution in [2.24, 2.45) is 0 Å². The number of non-ortho nitro benzene ring substituents is 1. The number of hydrogen-bond donors (Lipinski definition) is 1. The first kappa shape index (κ1) is 15.5. The first-order valence-electron chi connectivity index (χ1n) is 6.75. The van der Waals surface area contributed by atoms with Crippen molar-refractivity contribution < 1.29 is 14.5 Å². The molecule has 0 aliphatic heterocycles. The third kappa shape index (κ3) is 3.82. The highest BCUT2D eigenvalue weighted by molar-refractivity contribution is 5.94. The maximum absolute atomic E-state index is 12.1. The van der Waals surface area contributed by atoms with Gasteiger partial charge in [-0.3, -0.25) is 14.9 Å². The van der Waals surface area contributed by atoms with Gasteiger partial charge in [0.25, 0.3) is 11.6 Å². The lowest BCUT2D eigenvalue weighted by Gasteiger charge is -2.16. The summed E-state index contributed by atoms with van der Waals surface area (Å²) in [4.78, 5) is 22.3. The second-order valence-electron chi connectivity index (χ2n) is 4.82. The van der Waals surface area contributed by atoms with Gasteiger partial charge < -0.3 is 10.1 Å². The Bertz CT molecular complexity index is 700. The van der Waals surface area contributed by atoms with Crippen molar-refractivity contribution >= 4 is 17.3 Å². The Labute approximate surface area is 127 Å². The van der Waals surface area contributed by atoms with E-state index < -0.39 is 11.0 Å². The van der Waals surface area contributed by atoms with E-state index in [0.29, 0.717) is 11.4 Å². The van der Waals surface area contributed by atoms with Gasteiger partial charge >= 0.3 is 0 Å². The number of carbonyl (C=O) groups is 1. The van der Waals surface area contributed by atoms with Crippen LogP contribution in [0.1, 0.15) is 12.5 Å². The number of nitro groups is 1. The molecule has 0 bridgehead atoms. The number of nitrogens with one attached hydrogen (secondary N) is 1. The molecule has 1 N–H and O–H groups in total. The van der Waals surface area contributed by atoms with Gasteiger partial charge in [-0.05, 0) is 31.5 Å². The molecule has 0 aromatic heterocycles. The predicted molar refractivity (Wildman–Crippen MR) is 83.0 cm³/mol. The number of amides is 1. The fraction of sp³-hybridized carbons (Fsp3) is 0.188. The lowest BCUT2D eigenvalue weighted by molar-refractivity contribution is -0.384. The van der Waals surface area contributed by atoms with Crippen LogP contribution in [0.3, 0.4) is 0 Å². The summed E-state index contributed by atoms with van der Waals surface area (Å²) in [6, 6.07) is 13.2. The Balaban J connectivity index is 2.04. The van der Waals surface area contributed by atoms with E-state index in [4.69, 9.17) is 4.74 Å². The van der Waals surface area contributed by atoms with E-state index in [9.17, 15) is 14.9 Å². The number of nitrogens with zero attached hydrogens (tertiary/aromatic N) is 1. The Hall–Kier alpha value is -2.89. The van der Waals surface area contributed by atoms with Gasteiger partial charge in [0.05, 0.1) is 4.92 Å². The second kappa shape index (κ2) is 6.71. The summed E-state index contributed by atoms with van der Waals surface area (Å²) in [6.07, 6.45) is -0.722. The van der Waals surface area contributed by atoms with E-state index in [-0.39, 0.29) is 11.6 Å². The van der Waals surface area contributed by atoms with Gasteiger partial charge in [-0.15, -0.1) is 0 Å². The first-order valence-corrected chi connectivity index (χ1v) is 6.75. The minimum atomic E-state index is -0.722. The molecule has 1 atom stereocenters. The average Bonchev–Trinajstić information content (AvgIpc) is 2.49. The SMILES string of the molecule is Cc1ccccc1OC(C)C(=O)Nc1cccc([N+](=O)[O-])c1. The van der Waals surface area contributed by atoms with Crippen LogP contribution in [-0.4, -0.2) is 16.9 Å². The lowest BCUT2D eigenvalue weighted by Crippen LogP contribution is -2.30. The molecule has 6 heteroatoms. The largest absolute Gasteiger partial charge is 0.481 e. The second-order valence-corrected chi connectivity index (χ2v) is 4.82. The Morgan fingerprint density at radius 2 is 1.95 bits per heavy atom. The fourth-order valence-electron chi connectivity index (χ4n) is 1.87. The Morgan fingerprint density at radius 3 is 2.64 bits per heavy atom. The van der Waals surface area contributed by atoms with Crippen LogP contribution in [0.5, 0.6) is 5.75 Å². The van der Waals surface area contributed by atoms with Gasteiger partial charge in [0.15, 0.2) is 6.10 Å². The zero-order valence-corrected chi connectivity index (χ0v) is 12.3. The van der Waals surface area contributed by atoms with Gasteiger partial charge in [-0.2, -0.15) is 0 Å².